The van der Waals surface area contributed by atoms with Crippen LogP contribution in [0.4, 0.5) is 0 Å². The monoisotopic (exact) mass is 283 g/mol. The largest absolute Gasteiger partial charge is 0.382 e. The minimum Gasteiger partial charge on any atom is -0.382 e. The maximum atomic E-state index is 9.43. The van der Waals surface area contributed by atoms with Crippen LogP contribution in [0.1, 0.15) is 12.0 Å². The van der Waals surface area contributed by atoms with Crippen molar-refractivity contribution in [3.05, 3.63) is 34.6 Å². The molecule has 0 aliphatic heterocycles. The van der Waals surface area contributed by atoms with E-state index in [1.165, 1.54) is 0 Å². The Hall–Kier alpha value is -1.24. The summed E-state index contributed by atoms with van der Waals surface area (Å²) in [6, 6.07) is 7.50. The molecule has 1 heterocycles. The smallest absolute Gasteiger partial charge is 0.257 e. The van der Waals surface area contributed by atoms with Crippen molar-refractivity contribution in [1.29, 1.82) is 0 Å². The third-order valence-electron chi connectivity index (χ3n) is 2.06. The Balaban J connectivity index is 2.35. The van der Waals surface area contributed by atoms with Crippen molar-refractivity contribution < 1.29 is 9.63 Å². The Kier molecular flexibility index (Phi) is 3.33. The van der Waals surface area contributed by atoms with E-state index in [2.05, 4.69) is 26.1 Å². The fourth-order valence-corrected chi connectivity index (χ4v) is 1.69. The minimum absolute atomic E-state index is 0.0532. The molecule has 84 valence electrons. The summed E-state index contributed by atoms with van der Waals surface area (Å²) in [7, 11) is 0. The lowest BCUT2D eigenvalue weighted by Gasteiger charge is -1.99. The molecule has 0 aliphatic rings. The Morgan fingerprint density at radius 1 is 1.44 bits per heavy atom. The molecule has 0 fully saturated rings. The molecular formula is C10H10BrN3O2. The summed E-state index contributed by atoms with van der Waals surface area (Å²) < 4.78 is 5.78. The first-order chi connectivity index (χ1) is 7.72. The van der Waals surface area contributed by atoms with Gasteiger partial charge in [-0.25, -0.2) is 0 Å². The summed E-state index contributed by atoms with van der Waals surface area (Å²) in [5.74, 6) is 0.559. The van der Waals surface area contributed by atoms with Crippen molar-refractivity contribution in [1.82, 2.24) is 10.1 Å². The highest BCUT2D eigenvalue weighted by molar-refractivity contribution is 9.10. The lowest BCUT2D eigenvalue weighted by molar-refractivity contribution is 0.141. The number of halogens is 1. The Labute approximate surface area is 100 Å². The van der Waals surface area contributed by atoms with Gasteiger partial charge < -0.3 is 15.4 Å². The quantitative estimate of drug-likeness (QED) is 0.892. The molecule has 2 rings (SSSR count). The summed E-state index contributed by atoms with van der Waals surface area (Å²) in [6.07, 6.45) is -0.913. The molecule has 0 amide bonds. The van der Waals surface area contributed by atoms with Crippen molar-refractivity contribution in [3.63, 3.8) is 0 Å². The summed E-state index contributed by atoms with van der Waals surface area (Å²) in [5, 5.41) is 13.2. The molecule has 0 aliphatic carbocycles. The predicted molar refractivity (Wildman–Crippen MR) is 61.4 cm³/mol. The molecule has 2 aromatic rings. The predicted octanol–water partition coefficient (Wildman–Crippen LogP) is 1.49. The van der Waals surface area contributed by atoms with Crippen LogP contribution in [0.3, 0.4) is 0 Å². The number of aliphatic hydroxyl groups is 1. The average molecular weight is 284 g/mol. The van der Waals surface area contributed by atoms with Crippen LogP contribution in [0.2, 0.25) is 0 Å². The maximum Gasteiger partial charge on any atom is 0.257 e. The number of aliphatic hydroxyl groups excluding tert-OH is 1. The third kappa shape index (κ3) is 2.13. The van der Waals surface area contributed by atoms with Crippen LogP contribution in [0.5, 0.6) is 0 Å². The molecular weight excluding hydrogens is 274 g/mol. The molecule has 1 atom stereocenters. The van der Waals surface area contributed by atoms with Crippen molar-refractivity contribution in [2.24, 2.45) is 5.73 Å². The number of aromatic nitrogens is 2. The van der Waals surface area contributed by atoms with E-state index in [0.29, 0.717) is 5.82 Å². The highest BCUT2D eigenvalue weighted by Crippen LogP contribution is 2.26. The van der Waals surface area contributed by atoms with Crippen molar-refractivity contribution >= 4 is 15.9 Å². The molecule has 0 bridgehead atoms. The molecule has 3 N–H and O–H groups in total. The molecule has 1 aromatic carbocycles. The van der Waals surface area contributed by atoms with E-state index in [1.54, 1.807) is 0 Å². The first-order valence-electron chi connectivity index (χ1n) is 4.69. The van der Waals surface area contributed by atoms with Gasteiger partial charge in [0, 0.05) is 16.6 Å². The molecule has 0 saturated carbocycles. The number of rotatable bonds is 3. The van der Waals surface area contributed by atoms with E-state index in [1.807, 2.05) is 24.3 Å². The topological polar surface area (TPSA) is 85.2 Å². The lowest BCUT2D eigenvalue weighted by Crippen LogP contribution is -2.11. The molecule has 0 unspecified atom stereocenters. The third-order valence-corrected chi connectivity index (χ3v) is 2.76. The van der Waals surface area contributed by atoms with Crippen LogP contribution in [0, 0.1) is 0 Å². The lowest BCUT2D eigenvalue weighted by atomic mass is 10.2. The SMILES string of the molecule is NC[C@H](O)c1nc(-c2ccccc2Br)no1. The summed E-state index contributed by atoms with van der Waals surface area (Å²) >= 11 is 3.39. The van der Waals surface area contributed by atoms with Gasteiger partial charge in [0.05, 0.1) is 0 Å². The minimum atomic E-state index is -0.913. The number of hydrogen-bond acceptors (Lipinski definition) is 5. The highest BCUT2D eigenvalue weighted by atomic mass is 79.9. The summed E-state index contributed by atoms with van der Waals surface area (Å²) in [6.45, 7) is 0.0532. The van der Waals surface area contributed by atoms with Gasteiger partial charge >= 0.3 is 0 Å². The molecule has 6 heteroatoms. The van der Waals surface area contributed by atoms with Crippen LogP contribution in [0.15, 0.2) is 33.3 Å². The molecule has 0 saturated heterocycles. The standard InChI is InChI=1S/C10H10BrN3O2/c11-7-4-2-1-3-6(7)9-13-10(16-14-9)8(15)5-12/h1-4,8,15H,5,12H2/t8-/m0/s1. The zero-order chi connectivity index (χ0) is 11.5. The second-order valence-corrected chi connectivity index (χ2v) is 4.04. The second-order valence-electron chi connectivity index (χ2n) is 3.19. The van der Waals surface area contributed by atoms with Gasteiger partial charge in [-0.3, -0.25) is 0 Å². The Morgan fingerprint density at radius 2 is 2.19 bits per heavy atom. The van der Waals surface area contributed by atoms with Crippen LogP contribution >= 0.6 is 15.9 Å². The Morgan fingerprint density at radius 3 is 2.88 bits per heavy atom. The van der Waals surface area contributed by atoms with Crippen molar-refractivity contribution in [3.8, 4) is 11.4 Å². The van der Waals surface area contributed by atoms with Crippen LogP contribution in [-0.4, -0.2) is 21.8 Å². The van der Waals surface area contributed by atoms with Crippen molar-refractivity contribution in [2.75, 3.05) is 6.54 Å². The fraction of sp³-hybridized carbons (Fsp3) is 0.200. The van der Waals surface area contributed by atoms with Gasteiger partial charge in [-0.1, -0.05) is 33.2 Å². The number of nitrogens with zero attached hydrogens (tertiary/aromatic N) is 2. The van der Waals surface area contributed by atoms with E-state index in [9.17, 15) is 5.11 Å². The van der Waals surface area contributed by atoms with Crippen LogP contribution in [0.25, 0.3) is 11.4 Å². The summed E-state index contributed by atoms with van der Waals surface area (Å²) in [4.78, 5) is 4.07. The molecule has 0 radical (unpaired) electrons. The van der Waals surface area contributed by atoms with E-state index in [4.69, 9.17) is 10.3 Å². The maximum absolute atomic E-state index is 9.43. The van der Waals surface area contributed by atoms with Gasteiger partial charge in [0.1, 0.15) is 6.10 Å². The second kappa shape index (κ2) is 4.73. The zero-order valence-electron chi connectivity index (χ0n) is 8.30. The highest BCUT2D eigenvalue weighted by Gasteiger charge is 2.16. The first-order valence-corrected chi connectivity index (χ1v) is 5.48. The number of hydrogen-bond donors (Lipinski definition) is 2. The van der Waals surface area contributed by atoms with E-state index >= 15 is 0 Å². The van der Waals surface area contributed by atoms with Gasteiger partial charge in [-0.15, -0.1) is 0 Å². The molecule has 1 aromatic heterocycles. The van der Waals surface area contributed by atoms with E-state index in [0.717, 1.165) is 10.0 Å². The number of nitrogens with two attached hydrogens (primary N) is 1. The average Bonchev–Trinajstić information content (AvgIpc) is 2.78. The van der Waals surface area contributed by atoms with E-state index < -0.39 is 6.10 Å². The van der Waals surface area contributed by atoms with Gasteiger partial charge in [0.15, 0.2) is 0 Å². The first kappa shape index (κ1) is 11.3. The fourth-order valence-electron chi connectivity index (χ4n) is 1.22. The molecule has 16 heavy (non-hydrogen) atoms. The molecule has 0 spiro atoms. The Bertz CT molecular complexity index is 486. The van der Waals surface area contributed by atoms with Gasteiger partial charge in [0.2, 0.25) is 5.82 Å². The van der Waals surface area contributed by atoms with Gasteiger partial charge in [-0.2, -0.15) is 4.98 Å². The van der Waals surface area contributed by atoms with Gasteiger partial charge in [-0.05, 0) is 12.1 Å². The van der Waals surface area contributed by atoms with E-state index in [-0.39, 0.29) is 12.4 Å². The van der Waals surface area contributed by atoms with Crippen LogP contribution in [-0.2, 0) is 0 Å². The normalized spacial score (nSPS) is 12.7. The summed E-state index contributed by atoms with van der Waals surface area (Å²) in [5.41, 5.74) is 6.10. The van der Waals surface area contributed by atoms with Gasteiger partial charge in [0.25, 0.3) is 5.89 Å². The van der Waals surface area contributed by atoms with Crippen LogP contribution < -0.4 is 5.73 Å². The molecule has 5 nitrogen and oxygen atoms in total. The number of benzene rings is 1. The zero-order valence-corrected chi connectivity index (χ0v) is 9.89. The van der Waals surface area contributed by atoms with Crippen molar-refractivity contribution in [2.45, 2.75) is 6.10 Å².